The van der Waals surface area contributed by atoms with E-state index in [0.717, 1.165) is 36.5 Å². The number of pyridine rings is 1. The van der Waals surface area contributed by atoms with Crippen LogP contribution in [0.25, 0.3) is 0 Å². The normalized spacial score (nSPS) is 22.6. The van der Waals surface area contributed by atoms with Gasteiger partial charge in [-0.1, -0.05) is 24.3 Å². The first-order valence-corrected chi connectivity index (χ1v) is 7.76. The molecule has 0 aliphatic carbocycles. The van der Waals surface area contributed by atoms with Crippen LogP contribution in [0.3, 0.4) is 0 Å². The molecule has 0 unspecified atom stereocenters. The molecule has 1 amide bonds. The van der Waals surface area contributed by atoms with Gasteiger partial charge in [-0.25, -0.2) is 4.98 Å². The highest BCUT2D eigenvalue weighted by Crippen LogP contribution is 2.44. The van der Waals surface area contributed by atoms with E-state index in [0.29, 0.717) is 12.2 Å². The van der Waals surface area contributed by atoms with Crippen LogP contribution in [0, 0.1) is 11.3 Å². The van der Waals surface area contributed by atoms with E-state index in [1.807, 2.05) is 36.4 Å². The van der Waals surface area contributed by atoms with Gasteiger partial charge in [0, 0.05) is 18.8 Å². The summed E-state index contributed by atoms with van der Waals surface area (Å²) in [6, 6.07) is 15.4. The number of nitriles is 1. The van der Waals surface area contributed by atoms with E-state index in [-0.39, 0.29) is 5.91 Å². The zero-order valence-electron chi connectivity index (χ0n) is 12.6. The number of benzene rings is 1. The third-order valence-electron chi connectivity index (χ3n) is 4.79. The van der Waals surface area contributed by atoms with Crippen LogP contribution in [-0.4, -0.2) is 24.0 Å². The summed E-state index contributed by atoms with van der Waals surface area (Å²) in [4.78, 5) is 19.2. The molecular formula is C18H16N4O. The quantitative estimate of drug-likeness (QED) is 0.878. The summed E-state index contributed by atoms with van der Waals surface area (Å²) in [5.74, 6) is 0.833. The molecule has 2 aliphatic rings. The molecular weight excluding hydrogens is 288 g/mol. The lowest BCUT2D eigenvalue weighted by atomic mass is 9.75. The van der Waals surface area contributed by atoms with Crippen molar-refractivity contribution in [1.29, 1.82) is 5.26 Å². The number of nitrogens with zero attached hydrogens (tertiary/aromatic N) is 3. The van der Waals surface area contributed by atoms with Crippen LogP contribution in [0.15, 0.2) is 42.5 Å². The standard InChI is InChI=1S/C18H16N4O/c19-11-13-5-3-8-16(20-13)22-10-4-9-18(12-22)14-6-1-2-7-15(14)21-17(18)23/h1-3,5-8H,4,9-10,12H2,(H,21,23)/t18-/m0/s1. The molecule has 4 rings (SSSR count). The molecule has 0 saturated carbocycles. The maximum absolute atomic E-state index is 12.7. The summed E-state index contributed by atoms with van der Waals surface area (Å²) in [5.41, 5.74) is 1.88. The van der Waals surface area contributed by atoms with E-state index >= 15 is 0 Å². The summed E-state index contributed by atoms with van der Waals surface area (Å²) >= 11 is 0. The number of fused-ring (bicyclic) bond motifs is 2. The first-order chi connectivity index (χ1) is 11.2. The Kier molecular flexibility index (Phi) is 3.05. The van der Waals surface area contributed by atoms with Crippen molar-refractivity contribution >= 4 is 17.4 Å². The molecule has 1 saturated heterocycles. The van der Waals surface area contributed by atoms with Gasteiger partial charge in [0.2, 0.25) is 5.91 Å². The molecule has 1 fully saturated rings. The third-order valence-corrected chi connectivity index (χ3v) is 4.79. The van der Waals surface area contributed by atoms with Crippen LogP contribution in [-0.2, 0) is 10.2 Å². The maximum atomic E-state index is 12.7. The van der Waals surface area contributed by atoms with Crippen LogP contribution in [0.1, 0.15) is 24.1 Å². The first-order valence-electron chi connectivity index (χ1n) is 7.76. The minimum Gasteiger partial charge on any atom is -0.355 e. The Morgan fingerprint density at radius 1 is 1.22 bits per heavy atom. The van der Waals surface area contributed by atoms with Crippen molar-refractivity contribution in [2.45, 2.75) is 18.3 Å². The van der Waals surface area contributed by atoms with Gasteiger partial charge in [-0.3, -0.25) is 4.79 Å². The van der Waals surface area contributed by atoms with Crippen molar-refractivity contribution in [1.82, 2.24) is 4.98 Å². The Balaban J connectivity index is 1.72. The second kappa shape index (κ2) is 5.10. The topological polar surface area (TPSA) is 69.0 Å². The number of rotatable bonds is 1. The molecule has 1 aromatic carbocycles. The summed E-state index contributed by atoms with van der Waals surface area (Å²) < 4.78 is 0. The molecule has 2 aliphatic heterocycles. The van der Waals surface area contributed by atoms with E-state index < -0.39 is 5.41 Å². The average Bonchev–Trinajstić information content (AvgIpc) is 2.87. The Morgan fingerprint density at radius 3 is 2.96 bits per heavy atom. The molecule has 1 aromatic heterocycles. The second-order valence-corrected chi connectivity index (χ2v) is 6.10. The molecule has 2 aromatic rings. The van der Waals surface area contributed by atoms with Crippen molar-refractivity contribution in [3.63, 3.8) is 0 Å². The molecule has 0 bridgehead atoms. The van der Waals surface area contributed by atoms with Gasteiger partial charge in [-0.2, -0.15) is 5.26 Å². The Labute approximate surface area is 134 Å². The number of piperidine rings is 1. The average molecular weight is 304 g/mol. The monoisotopic (exact) mass is 304 g/mol. The predicted molar refractivity (Wildman–Crippen MR) is 87.1 cm³/mol. The van der Waals surface area contributed by atoms with Gasteiger partial charge in [0.15, 0.2) is 0 Å². The Bertz CT molecular complexity index is 826. The van der Waals surface area contributed by atoms with E-state index in [1.54, 1.807) is 6.07 Å². The molecule has 1 spiro atoms. The zero-order valence-corrected chi connectivity index (χ0v) is 12.6. The fourth-order valence-corrected chi connectivity index (χ4v) is 3.69. The van der Waals surface area contributed by atoms with Crippen molar-refractivity contribution in [2.24, 2.45) is 0 Å². The van der Waals surface area contributed by atoms with E-state index in [2.05, 4.69) is 21.3 Å². The summed E-state index contributed by atoms with van der Waals surface area (Å²) in [7, 11) is 0. The minimum absolute atomic E-state index is 0.0693. The van der Waals surface area contributed by atoms with Gasteiger partial charge in [-0.15, -0.1) is 0 Å². The number of carbonyl (C=O) groups excluding carboxylic acids is 1. The molecule has 3 heterocycles. The summed E-state index contributed by atoms with van der Waals surface area (Å²) in [5, 5.41) is 12.1. The zero-order chi connectivity index (χ0) is 15.9. The van der Waals surface area contributed by atoms with Gasteiger partial charge >= 0.3 is 0 Å². The molecule has 114 valence electrons. The number of aromatic nitrogens is 1. The lowest BCUT2D eigenvalue weighted by Crippen LogP contribution is -2.50. The first kappa shape index (κ1) is 13.8. The fourth-order valence-electron chi connectivity index (χ4n) is 3.69. The molecule has 23 heavy (non-hydrogen) atoms. The van der Waals surface area contributed by atoms with Gasteiger partial charge < -0.3 is 10.2 Å². The summed E-state index contributed by atoms with van der Waals surface area (Å²) in [6.07, 6.45) is 1.75. The van der Waals surface area contributed by atoms with Crippen LogP contribution in [0.5, 0.6) is 0 Å². The number of hydrogen-bond acceptors (Lipinski definition) is 4. The van der Waals surface area contributed by atoms with Crippen molar-refractivity contribution < 1.29 is 4.79 Å². The van der Waals surface area contributed by atoms with Crippen LogP contribution < -0.4 is 10.2 Å². The Hall–Kier alpha value is -2.87. The van der Waals surface area contributed by atoms with E-state index in [4.69, 9.17) is 5.26 Å². The highest BCUT2D eigenvalue weighted by atomic mass is 16.2. The minimum atomic E-state index is -0.515. The molecule has 1 atom stereocenters. The number of para-hydroxylation sites is 1. The smallest absolute Gasteiger partial charge is 0.236 e. The lowest BCUT2D eigenvalue weighted by molar-refractivity contribution is -0.121. The highest BCUT2D eigenvalue weighted by molar-refractivity contribution is 6.06. The Morgan fingerprint density at radius 2 is 2.09 bits per heavy atom. The number of carbonyl (C=O) groups is 1. The SMILES string of the molecule is N#Cc1cccc(N2CCC[C@@]3(C2)C(=O)Nc2ccccc23)n1. The molecule has 5 nitrogen and oxygen atoms in total. The van der Waals surface area contributed by atoms with Gasteiger partial charge in [-0.05, 0) is 36.6 Å². The van der Waals surface area contributed by atoms with Gasteiger partial charge in [0.25, 0.3) is 0 Å². The third kappa shape index (κ3) is 2.07. The van der Waals surface area contributed by atoms with Crippen LogP contribution in [0.2, 0.25) is 0 Å². The molecule has 5 heteroatoms. The lowest BCUT2D eigenvalue weighted by Gasteiger charge is -2.39. The van der Waals surface area contributed by atoms with Crippen molar-refractivity contribution in [3.05, 3.63) is 53.7 Å². The van der Waals surface area contributed by atoms with E-state index in [9.17, 15) is 4.79 Å². The number of hydrogen-bond donors (Lipinski definition) is 1. The number of nitrogens with one attached hydrogen (secondary N) is 1. The maximum Gasteiger partial charge on any atom is 0.236 e. The predicted octanol–water partition coefficient (Wildman–Crippen LogP) is 2.44. The number of anilines is 2. The summed E-state index contributed by atoms with van der Waals surface area (Å²) in [6.45, 7) is 1.44. The van der Waals surface area contributed by atoms with Gasteiger partial charge in [0.1, 0.15) is 17.6 Å². The van der Waals surface area contributed by atoms with Crippen molar-refractivity contribution in [2.75, 3.05) is 23.3 Å². The highest BCUT2D eigenvalue weighted by Gasteiger charge is 2.49. The largest absolute Gasteiger partial charge is 0.355 e. The van der Waals surface area contributed by atoms with E-state index in [1.165, 1.54) is 0 Å². The van der Waals surface area contributed by atoms with Gasteiger partial charge in [0.05, 0.1) is 5.41 Å². The molecule has 0 radical (unpaired) electrons. The molecule has 1 N–H and O–H groups in total. The van der Waals surface area contributed by atoms with Crippen LogP contribution >= 0.6 is 0 Å². The second-order valence-electron chi connectivity index (χ2n) is 6.10. The van der Waals surface area contributed by atoms with Crippen molar-refractivity contribution in [3.8, 4) is 6.07 Å². The number of amides is 1. The van der Waals surface area contributed by atoms with Crippen LogP contribution in [0.4, 0.5) is 11.5 Å². The fraction of sp³-hybridized carbons (Fsp3) is 0.278.